The maximum atomic E-state index is 9.84. The van der Waals surface area contributed by atoms with Crippen LogP contribution in [0.2, 0.25) is 0 Å². The van der Waals surface area contributed by atoms with E-state index in [1.165, 1.54) is 0 Å². The van der Waals surface area contributed by atoms with Crippen LogP contribution in [0.15, 0.2) is 84.1 Å². The van der Waals surface area contributed by atoms with Gasteiger partial charge < -0.3 is 5.11 Å². The molecule has 0 spiro atoms. The van der Waals surface area contributed by atoms with Crippen LogP contribution in [-0.4, -0.2) is 16.3 Å². The number of pyridine rings is 1. The van der Waals surface area contributed by atoms with Crippen LogP contribution in [0.5, 0.6) is 5.75 Å². The third kappa shape index (κ3) is 3.12. The van der Waals surface area contributed by atoms with E-state index in [2.05, 4.69) is 10.1 Å². The number of aromatic hydroxyl groups is 1. The van der Waals surface area contributed by atoms with Crippen molar-refractivity contribution in [3.05, 3.63) is 84.6 Å². The van der Waals surface area contributed by atoms with Crippen molar-refractivity contribution in [2.45, 2.75) is 0 Å². The van der Waals surface area contributed by atoms with E-state index in [9.17, 15) is 5.11 Å². The number of phenolic OH excluding ortho intramolecular Hbond substituents is 1. The number of hydrogen-bond acceptors (Lipinski definition) is 4. The Morgan fingerprint density at radius 2 is 1.59 bits per heavy atom. The average molecular weight is 289 g/mol. The zero-order valence-electron chi connectivity index (χ0n) is 11.9. The normalized spacial score (nSPS) is 10.7. The molecule has 108 valence electrons. The van der Waals surface area contributed by atoms with E-state index in [1.807, 2.05) is 54.6 Å². The van der Waals surface area contributed by atoms with E-state index in [-0.39, 0.29) is 5.75 Å². The van der Waals surface area contributed by atoms with Crippen LogP contribution in [0, 0.1) is 0 Å². The molecule has 0 unspecified atom stereocenters. The van der Waals surface area contributed by atoms with Gasteiger partial charge in [0.15, 0.2) is 5.82 Å². The molecule has 2 aromatic carbocycles. The lowest BCUT2D eigenvalue weighted by Gasteiger charge is -2.17. The molecule has 0 aliphatic rings. The molecule has 1 N–H and O–H groups in total. The Hall–Kier alpha value is -3.14. The summed E-state index contributed by atoms with van der Waals surface area (Å²) < 4.78 is 0. The summed E-state index contributed by atoms with van der Waals surface area (Å²) in [5.41, 5.74) is 1.55. The Morgan fingerprint density at radius 3 is 2.32 bits per heavy atom. The molecule has 0 amide bonds. The fourth-order valence-corrected chi connectivity index (χ4v) is 2.02. The van der Waals surface area contributed by atoms with Crippen LogP contribution in [-0.2, 0) is 0 Å². The van der Waals surface area contributed by atoms with E-state index < -0.39 is 0 Å². The summed E-state index contributed by atoms with van der Waals surface area (Å²) in [5.74, 6) is 0.903. The maximum absolute atomic E-state index is 9.84. The number of para-hydroxylation sites is 2. The van der Waals surface area contributed by atoms with Crippen LogP contribution < -0.4 is 5.01 Å². The number of rotatable bonds is 4. The van der Waals surface area contributed by atoms with Gasteiger partial charge in [-0.3, -0.25) is 0 Å². The van der Waals surface area contributed by atoms with Gasteiger partial charge in [0, 0.05) is 11.8 Å². The van der Waals surface area contributed by atoms with Gasteiger partial charge >= 0.3 is 0 Å². The van der Waals surface area contributed by atoms with E-state index in [0.717, 1.165) is 5.69 Å². The Balaban J connectivity index is 1.98. The fourth-order valence-electron chi connectivity index (χ4n) is 2.02. The Bertz CT molecular complexity index is 718. The first-order valence-electron chi connectivity index (χ1n) is 6.93. The molecule has 22 heavy (non-hydrogen) atoms. The monoisotopic (exact) mass is 289 g/mol. The van der Waals surface area contributed by atoms with Gasteiger partial charge in [0.25, 0.3) is 0 Å². The van der Waals surface area contributed by atoms with Crippen molar-refractivity contribution in [1.29, 1.82) is 0 Å². The lowest BCUT2D eigenvalue weighted by Crippen LogP contribution is -2.10. The summed E-state index contributed by atoms with van der Waals surface area (Å²) in [6.45, 7) is 0. The molecule has 4 heteroatoms. The molecule has 4 nitrogen and oxygen atoms in total. The van der Waals surface area contributed by atoms with Gasteiger partial charge in [0.05, 0.1) is 11.9 Å². The van der Waals surface area contributed by atoms with Crippen molar-refractivity contribution in [1.82, 2.24) is 4.98 Å². The van der Waals surface area contributed by atoms with Crippen molar-refractivity contribution >= 4 is 17.7 Å². The fraction of sp³-hybridized carbons (Fsp3) is 0. The van der Waals surface area contributed by atoms with Crippen molar-refractivity contribution in [3.8, 4) is 5.75 Å². The van der Waals surface area contributed by atoms with Gasteiger partial charge in [0.1, 0.15) is 5.75 Å². The standard InChI is InChI=1S/C18H15N3O/c22-17-11-5-4-8-15(17)14-20-21(16-9-2-1-3-10-16)18-12-6-7-13-19-18/h1-14,22H/b20-14+. The zero-order chi connectivity index (χ0) is 15.2. The summed E-state index contributed by atoms with van der Waals surface area (Å²) in [6.07, 6.45) is 3.35. The van der Waals surface area contributed by atoms with Gasteiger partial charge in [-0.05, 0) is 36.4 Å². The van der Waals surface area contributed by atoms with Gasteiger partial charge in [-0.1, -0.05) is 36.4 Å². The largest absolute Gasteiger partial charge is 0.507 e. The van der Waals surface area contributed by atoms with Crippen molar-refractivity contribution < 1.29 is 5.11 Å². The first-order valence-corrected chi connectivity index (χ1v) is 6.93. The first-order chi connectivity index (χ1) is 10.8. The van der Waals surface area contributed by atoms with E-state index in [0.29, 0.717) is 11.4 Å². The van der Waals surface area contributed by atoms with Crippen molar-refractivity contribution in [2.75, 3.05) is 5.01 Å². The summed E-state index contributed by atoms with van der Waals surface area (Å²) in [4.78, 5) is 4.34. The maximum Gasteiger partial charge on any atom is 0.153 e. The molecule has 0 saturated carbocycles. The zero-order valence-corrected chi connectivity index (χ0v) is 11.9. The number of aromatic nitrogens is 1. The highest BCUT2D eigenvalue weighted by molar-refractivity contribution is 5.84. The smallest absolute Gasteiger partial charge is 0.153 e. The molecular formula is C18H15N3O. The van der Waals surface area contributed by atoms with E-state index in [4.69, 9.17) is 0 Å². The SMILES string of the molecule is Oc1ccccc1/C=N/N(c1ccccc1)c1ccccn1. The van der Waals surface area contributed by atoms with Gasteiger partial charge in [-0.15, -0.1) is 0 Å². The predicted molar refractivity (Wildman–Crippen MR) is 88.5 cm³/mol. The molecular weight excluding hydrogens is 274 g/mol. The van der Waals surface area contributed by atoms with E-state index >= 15 is 0 Å². The molecule has 1 aromatic heterocycles. The number of hydrogen-bond donors (Lipinski definition) is 1. The molecule has 0 saturated heterocycles. The average Bonchev–Trinajstić information content (AvgIpc) is 2.59. The number of phenols is 1. The molecule has 0 fully saturated rings. The second-order valence-corrected chi connectivity index (χ2v) is 4.64. The van der Waals surface area contributed by atoms with Gasteiger partial charge in [-0.2, -0.15) is 5.10 Å². The second kappa shape index (κ2) is 6.54. The quantitative estimate of drug-likeness (QED) is 0.584. The summed E-state index contributed by atoms with van der Waals surface area (Å²) in [7, 11) is 0. The van der Waals surface area contributed by atoms with Gasteiger partial charge in [-0.25, -0.2) is 9.99 Å². The summed E-state index contributed by atoms with van der Waals surface area (Å²) in [5, 5.41) is 16.0. The molecule has 3 rings (SSSR count). The number of hydrazone groups is 1. The van der Waals surface area contributed by atoms with Crippen molar-refractivity contribution in [3.63, 3.8) is 0 Å². The molecule has 0 aliphatic carbocycles. The van der Waals surface area contributed by atoms with Crippen molar-refractivity contribution in [2.24, 2.45) is 5.10 Å². The summed E-state index contributed by atoms with van der Waals surface area (Å²) in [6, 6.07) is 22.5. The highest BCUT2D eigenvalue weighted by atomic mass is 16.3. The number of benzene rings is 2. The highest BCUT2D eigenvalue weighted by Crippen LogP contribution is 2.23. The molecule has 0 atom stereocenters. The second-order valence-electron chi connectivity index (χ2n) is 4.64. The van der Waals surface area contributed by atoms with Gasteiger partial charge in [0.2, 0.25) is 0 Å². The van der Waals surface area contributed by atoms with Crippen LogP contribution in [0.1, 0.15) is 5.56 Å². The Labute approximate surface area is 129 Å². The molecule has 1 heterocycles. The lowest BCUT2D eigenvalue weighted by atomic mass is 10.2. The van der Waals surface area contributed by atoms with Crippen LogP contribution in [0.4, 0.5) is 11.5 Å². The third-order valence-corrected chi connectivity index (χ3v) is 3.12. The number of nitrogens with zero attached hydrogens (tertiary/aromatic N) is 3. The highest BCUT2D eigenvalue weighted by Gasteiger charge is 2.08. The minimum absolute atomic E-state index is 0.195. The third-order valence-electron chi connectivity index (χ3n) is 3.12. The minimum atomic E-state index is 0.195. The molecule has 3 aromatic rings. The molecule has 0 bridgehead atoms. The predicted octanol–water partition coefficient (Wildman–Crippen LogP) is 3.96. The van der Waals surface area contributed by atoms with Crippen LogP contribution >= 0.6 is 0 Å². The lowest BCUT2D eigenvalue weighted by molar-refractivity contribution is 0.474. The Morgan fingerprint density at radius 1 is 0.864 bits per heavy atom. The molecule has 0 aliphatic heterocycles. The summed E-state index contributed by atoms with van der Waals surface area (Å²) >= 11 is 0. The number of anilines is 2. The Kier molecular flexibility index (Phi) is 4.11. The molecule has 0 radical (unpaired) electrons. The van der Waals surface area contributed by atoms with Crippen LogP contribution in [0.25, 0.3) is 0 Å². The first kappa shape index (κ1) is 13.8. The van der Waals surface area contributed by atoms with Crippen LogP contribution in [0.3, 0.4) is 0 Å². The minimum Gasteiger partial charge on any atom is -0.507 e. The van der Waals surface area contributed by atoms with E-state index in [1.54, 1.807) is 35.6 Å². The topological polar surface area (TPSA) is 48.7 Å².